The molecule has 5 nitrogen and oxygen atoms in total. The molecule has 0 saturated carbocycles. The van der Waals surface area contributed by atoms with E-state index in [0.717, 1.165) is 11.3 Å². The molecule has 0 saturated heterocycles. The van der Waals surface area contributed by atoms with Crippen LogP contribution in [-0.4, -0.2) is 17.8 Å². The number of imidazole rings is 1. The first-order valence-electron chi connectivity index (χ1n) is 6.52. The van der Waals surface area contributed by atoms with Crippen molar-refractivity contribution in [1.29, 1.82) is 0 Å². The second-order valence-corrected chi connectivity index (χ2v) is 6.60. The number of pyridine rings is 1. The van der Waals surface area contributed by atoms with Crippen molar-refractivity contribution in [1.82, 2.24) is 9.38 Å². The molecule has 0 fully saturated rings. The molecule has 108 valence electrons. The number of aryl methyl sites for hydroxylation is 1. The summed E-state index contributed by atoms with van der Waals surface area (Å²) in [5.41, 5.74) is 2.68. The fraction of sp³-hybridized carbons (Fsp3) is 0.133. The molecule has 0 unspecified atom stereocenters. The monoisotopic (exact) mass is 301 g/mol. The summed E-state index contributed by atoms with van der Waals surface area (Å²) >= 11 is 0. The van der Waals surface area contributed by atoms with E-state index in [1.807, 2.05) is 37.5 Å². The van der Waals surface area contributed by atoms with Crippen LogP contribution < -0.4 is 4.72 Å². The van der Waals surface area contributed by atoms with Gasteiger partial charge in [-0.25, -0.2) is 13.4 Å². The summed E-state index contributed by atoms with van der Waals surface area (Å²) in [4.78, 5) is 4.34. The van der Waals surface area contributed by atoms with Crippen molar-refractivity contribution in [3.8, 4) is 0 Å². The molecule has 0 spiro atoms. The summed E-state index contributed by atoms with van der Waals surface area (Å²) in [5, 5.41) is 0. The molecule has 0 radical (unpaired) electrons. The Morgan fingerprint density at radius 3 is 2.67 bits per heavy atom. The maximum Gasteiger partial charge on any atom is 0.237 e. The standard InChI is InChI=1S/C15H15N3O2S/c1-12-10-18-9-5-8-14(15(18)16-12)17-21(19,20)11-13-6-3-2-4-7-13/h2-10,17H,11H2,1H3. The van der Waals surface area contributed by atoms with Crippen LogP contribution in [0.3, 0.4) is 0 Å². The van der Waals surface area contributed by atoms with Gasteiger partial charge in [0.25, 0.3) is 0 Å². The molecule has 21 heavy (non-hydrogen) atoms. The summed E-state index contributed by atoms with van der Waals surface area (Å²) in [6.07, 6.45) is 3.69. The molecule has 1 N–H and O–H groups in total. The fourth-order valence-electron chi connectivity index (χ4n) is 2.21. The molecule has 0 atom stereocenters. The summed E-state index contributed by atoms with van der Waals surface area (Å²) in [6, 6.07) is 12.6. The predicted octanol–water partition coefficient (Wildman–Crippen LogP) is 2.58. The number of nitrogens with one attached hydrogen (secondary N) is 1. The van der Waals surface area contributed by atoms with Gasteiger partial charge in [0.2, 0.25) is 10.0 Å². The van der Waals surface area contributed by atoms with E-state index in [2.05, 4.69) is 9.71 Å². The first kappa shape index (κ1) is 13.6. The van der Waals surface area contributed by atoms with Gasteiger partial charge in [0.05, 0.1) is 17.1 Å². The highest BCUT2D eigenvalue weighted by Gasteiger charge is 2.14. The molecule has 0 aliphatic heterocycles. The predicted molar refractivity (Wildman–Crippen MR) is 82.6 cm³/mol. The second-order valence-electron chi connectivity index (χ2n) is 4.88. The lowest BCUT2D eigenvalue weighted by atomic mass is 10.2. The van der Waals surface area contributed by atoms with Crippen molar-refractivity contribution >= 4 is 21.4 Å². The van der Waals surface area contributed by atoms with Crippen molar-refractivity contribution in [3.05, 3.63) is 66.1 Å². The minimum absolute atomic E-state index is 0.0609. The highest BCUT2D eigenvalue weighted by Crippen LogP contribution is 2.18. The van der Waals surface area contributed by atoms with Gasteiger partial charge in [-0.2, -0.15) is 0 Å². The van der Waals surface area contributed by atoms with E-state index in [-0.39, 0.29) is 5.75 Å². The van der Waals surface area contributed by atoms with Gasteiger partial charge in [-0.3, -0.25) is 4.72 Å². The molecule has 2 aromatic heterocycles. The van der Waals surface area contributed by atoms with Crippen LogP contribution >= 0.6 is 0 Å². The van der Waals surface area contributed by atoms with Crippen LogP contribution in [0.2, 0.25) is 0 Å². The molecule has 6 heteroatoms. The van der Waals surface area contributed by atoms with Crippen LogP contribution in [-0.2, 0) is 15.8 Å². The highest BCUT2D eigenvalue weighted by atomic mass is 32.2. The second kappa shape index (κ2) is 5.21. The summed E-state index contributed by atoms with van der Waals surface area (Å²) in [5.74, 6) is -0.0609. The molecule has 3 aromatic rings. The summed E-state index contributed by atoms with van der Waals surface area (Å²) in [7, 11) is -3.47. The van der Waals surface area contributed by atoms with Crippen LogP contribution in [0.15, 0.2) is 54.9 Å². The summed E-state index contributed by atoms with van der Waals surface area (Å²) in [6.45, 7) is 1.87. The van der Waals surface area contributed by atoms with Crippen molar-refractivity contribution in [2.24, 2.45) is 0 Å². The largest absolute Gasteiger partial charge is 0.305 e. The van der Waals surface area contributed by atoms with Crippen molar-refractivity contribution < 1.29 is 8.42 Å². The average Bonchev–Trinajstić information content (AvgIpc) is 2.80. The number of anilines is 1. The van der Waals surface area contributed by atoms with Crippen molar-refractivity contribution in [2.45, 2.75) is 12.7 Å². The molecule has 2 heterocycles. The average molecular weight is 301 g/mol. The molecule has 0 aliphatic carbocycles. The fourth-order valence-corrected chi connectivity index (χ4v) is 3.41. The number of fused-ring (bicyclic) bond motifs is 1. The molecule has 0 amide bonds. The van der Waals surface area contributed by atoms with E-state index in [1.54, 1.807) is 28.7 Å². The SMILES string of the molecule is Cc1cn2cccc(NS(=O)(=O)Cc3ccccc3)c2n1. The van der Waals surface area contributed by atoms with Crippen molar-refractivity contribution in [2.75, 3.05) is 4.72 Å². The zero-order chi connectivity index (χ0) is 14.9. The Hall–Kier alpha value is -2.34. The molecule has 1 aromatic carbocycles. The lowest BCUT2D eigenvalue weighted by molar-refractivity contribution is 0.600. The maximum absolute atomic E-state index is 12.3. The van der Waals surface area contributed by atoms with Gasteiger partial charge < -0.3 is 4.40 Å². The number of hydrogen-bond donors (Lipinski definition) is 1. The Bertz CT molecular complexity index is 870. The van der Waals surface area contributed by atoms with Crippen LogP contribution in [0.4, 0.5) is 5.69 Å². The van der Waals surface area contributed by atoms with E-state index in [4.69, 9.17) is 0 Å². The van der Waals surface area contributed by atoms with Gasteiger partial charge in [0.1, 0.15) is 0 Å². The van der Waals surface area contributed by atoms with E-state index >= 15 is 0 Å². The minimum Gasteiger partial charge on any atom is -0.305 e. The lowest BCUT2D eigenvalue weighted by Gasteiger charge is -2.09. The van der Waals surface area contributed by atoms with Crippen LogP contribution in [0.1, 0.15) is 11.3 Å². The smallest absolute Gasteiger partial charge is 0.237 e. The molecular weight excluding hydrogens is 286 g/mol. The van der Waals surface area contributed by atoms with Gasteiger partial charge in [-0.05, 0) is 24.6 Å². The molecule has 0 aliphatic rings. The topological polar surface area (TPSA) is 63.5 Å². The Balaban J connectivity index is 1.90. The maximum atomic E-state index is 12.3. The Morgan fingerprint density at radius 2 is 1.90 bits per heavy atom. The van der Waals surface area contributed by atoms with Gasteiger partial charge in [-0.15, -0.1) is 0 Å². The number of sulfonamides is 1. The third kappa shape index (κ3) is 3.05. The van der Waals surface area contributed by atoms with Gasteiger partial charge in [0.15, 0.2) is 5.65 Å². The molecular formula is C15H15N3O2S. The van der Waals surface area contributed by atoms with Crippen LogP contribution in [0.25, 0.3) is 5.65 Å². The van der Waals surface area contributed by atoms with E-state index < -0.39 is 10.0 Å². The number of benzene rings is 1. The van der Waals surface area contributed by atoms with Crippen molar-refractivity contribution in [3.63, 3.8) is 0 Å². The zero-order valence-corrected chi connectivity index (χ0v) is 12.3. The van der Waals surface area contributed by atoms with Crippen LogP contribution in [0.5, 0.6) is 0 Å². The number of rotatable bonds is 4. The summed E-state index contributed by atoms with van der Waals surface area (Å²) < 4.78 is 29.0. The Labute approximate surface area is 123 Å². The molecule has 0 bridgehead atoms. The lowest BCUT2D eigenvalue weighted by Crippen LogP contribution is -2.15. The molecule has 3 rings (SSSR count). The van der Waals surface area contributed by atoms with Gasteiger partial charge >= 0.3 is 0 Å². The number of hydrogen-bond acceptors (Lipinski definition) is 3. The normalized spacial score (nSPS) is 11.7. The van der Waals surface area contributed by atoms with Gasteiger partial charge in [-0.1, -0.05) is 30.3 Å². The minimum atomic E-state index is -3.47. The Kier molecular flexibility index (Phi) is 3.39. The Morgan fingerprint density at radius 1 is 1.14 bits per heavy atom. The third-order valence-electron chi connectivity index (χ3n) is 3.07. The van der Waals surface area contributed by atoms with Crippen LogP contribution in [0, 0.1) is 6.92 Å². The quantitative estimate of drug-likeness (QED) is 0.805. The van der Waals surface area contributed by atoms with E-state index in [1.165, 1.54) is 0 Å². The van der Waals surface area contributed by atoms with Gasteiger partial charge in [0, 0.05) is 12.4 Å². The third-order valence-corrected chi connectivity index (χ3v) is 4.31. The first-order valence-corrected chi connectivity index (χ1v) is 8.17. The van der Waals surface area contributed by atoms with E-state index in [9.17, 15) is 8.42 Å². The highest BCUT2D eigenvalue weighted by molar-refractivity contribution is 7.91. The number of aromatic nitrogens is 2. The number of nitrogens with zero attached hydrogens (tertiary/aromatic N) is 2. The van der Waals surface area contributed by atoms with E-state index in [0.29, 0.717) is 11.3 Å². The zero-order valence-electron chi connectivity index (χ0n) is 11.5. The first-order chi connectivity index (χ1) is 10.0.